The molecule has 528 valence electrons. The number of halogens is 4. The number of aromatic hydroxyl groups is 6. The van der Waals surface area contributed by atoms with Crippen LogP contribution in [0.15, 0.2) is 95.0 Å². The Morgan fingerprint density at radius 2 is 0.687 bits per heavy atom. The zero-order valence-corrected chi connectivity index (χ0v) is 60.6. The summed E-state index contributed by atoms with van der Waals surface area (Å²) in [5.74, 6) is -1.32. The first-order chi connectivity index (χ1) is 47.2. The second-order valence-electron chi connectivity index (χ2n) is 22.5. The normalized spacial score (nSPS) is 11.1. The fraction of sp³-hybridized carbons (Fsp3) is 0.304. The van der Waals surface area contributed by atoms with Gasteiger partial charge in [-0.25, -0.2) is 0 Å². The highest BCUT2D eigenvalue weighted by Gasteiger charge is 2.29. The Morgan fingerprint density at radius 3 is 0.980 bits per heavy atom. The van der Waals surface area contributed by atoms with E-state index in [-0.39, 0.29) is 150 Å². The van der Waals surface area contributed by atoms with Crippen molar-refractivity contribution in [3.63, 3.8) is 0 Å². The van der Waals surface area contributed by atoms with Crippen molar-refractivity contribution >= 4 is 156 Å². The molecule has 3 heterocycles. The molecule has 0 aliphatic carbocycles. The van der Waals surface area contributed by atoms with Gasteiger partial charge in [-0.1, -0.05) is 0 Å². The molecule has 19 N–H and O–H groups in total. The van der Waals surface area contributed by atoms with Crippen molar-refractivity contribution in [1.29, 1.82) is 0 Å². The third-order valence-electron chi connectivity index (χ3n) is 15.1. The van der Waals surface area contributed by atoms with Gasteiger partial charge in [-0.3, -0.25) is 28.8 Å². The molecule has 6 aromatic carbocycles. The molecule has 0 unspecified atom stereocenters. The summed E-state index contributed by atoms with van der Waals surface area (Å²) in [6, 6.07) is 17.6. The minimum atomic E-state index is -0.453. The fourth-order valence-corrected chi connectivity index (χ4v) is 13.2. The summed E-state index contributed by atoms with van der Waals surface area (Å²) in [6.45, 7) is 0.465. The number of ether oxygens (including phenoxy) is 3. The number of aliphatic hydroxyl groups is 3. The van der Waals surface area contributed by atoms with Gasteiger partial charge in [-0.2, -0.15) is 0 Å². The number of ketones is 3. The standard InChI is InChI=1S/C23H23Br2NO7.C23H23I2NO7.C23H27N3O7/c3*24-14-8-12(9-15(25)23(14)31)22(30)21-13-10-16(28)19(32-7-3-6-27)11-18(13)33-17(21)4-1-2-5-20(26)29/h2*8-11,27-28,31H,1-7H2,(H2,26,29);8-11,27-28,31H,1-7,24-25H2,(H2,26,29). The Balaban J connectivity index is 0.000000209. The number of amides is 3. The van der Waals surface area contributed by atoms with Gasteiger partial charge in [0.15, 0.2) is 57.6 Å². The van der Waals surface area contributed by atoms with Gasteiger partial charge in [0.05, 0.1) is 64.0 Å². The largest absolute Gasteiger partial charge is 0.506 e. The third kappa shape index (κ3) is 20.3. The summed E-state index contributed by atoms with van der Waals surface area (Å²) in [5.41, 5.74) is 29.8. The predicted octanol–water partition coefficient (Wildman–Crippen LogP) is 11.0. The number of phenolic OH excluding ortho intramolecular Hbond substituents is 6. The summed E-state index contributed by atoms with van der Waals surface area (Å²) in [6.07, 6.45) is 6.27. The van der Waals surface area contributed by atoms with Crippen molar-refractivity contribution in [1.82, 2.24) is 0 Å². The molecule has 0 radical (unpaired) electrons. The number of aliphatic hydroxyl groups excluding tert-OH is 3. The zero-order valence-electron chi connectivity index (χ0n) is 53.1. The van der Waals surface area contributed by atoms with Crippen molar-refractivity contribution in [2.75, 3.05) is 51.1 Å². The molecule has 0 bridgehead atoms. The summed E-state index contributed by atoms with van der Waals surface area (Å²) in [7, 11) is 0. The van der Waals surface area contributed by atoms with Crippen LogP contribution in [-0.2, 0) is 33.6 Å². The topological polar surface area (TPSA) is 482 Å². The van der Waals surface area contributed by atoms with Crippen molar-refractivity contribution in [2.45, 2.75) is 96.3 Å². The van der Waals surface area contributed by atoms with Crippen LogP contribution in [0.2, 0.25) is 0 Å². The molecule has 0 aliphatic rings. The van der Waals surface area contributed by atoms with Gasteiger partial charge < -0.3 is 102 Å². The molecule has 0 aliphatic heterocycles. The van der Waals surface area contributed by atoms with Gasteiger partial charge in [0.1, 0.15) is 45.5 Å². The molecule has 0 saturated carbocycles. The van der Waals surface area contributed by atoms with Gasteiger partial charge in [-0.05, 0) is 170 Å². The van der Waals surface area contributed by atoms with Crippen molar-refractivity contribution in [3.8, 4) is 51.7 Å². The lowest BCUT2D eigenvalue weighted by Gasteiger charge is -2.09. The third-order valence-corrected chi connectivity index (χ3v) is 18.0. The average Bonchev–Trinajstić information content (AvgIpc) is 1.64. The van der Waals surface area contributed by atoms with E-state index < -0.39 is 23.5 Å². The summed E-state index contributed by atoms with van der Waals surface area (Å²) >= 11 is 10.4. The number of carbonyl (C=O) groups is 6. The maximum absolute atomic E-state index is 13.5. The van der Waals surface area contributed by atoms with Crippen LogP contribution in [0.3, 0.4) is 0 Å². The van der Waals surface area contributed by atoms with E-state index in [1.807, 2.05) is 45.2 Å². The molecule has 30 heteroatoms. The first-order valence-corrected chi connectivity index (χ1v) is 34.7. The lowest BCUT2D eigenvalue weighted by atomic mass is 9.97. The highest BCUT2D eigenvalue weighted by Crippen LogP contribution is 2.43. The number of aryl methyl sites for hydroxylation is 3. The smallest absolute Gasteiger partial charge is 0.217 e. The van der Waals surface area contributed by atoms with Crippen molar-refractivity contribution in [3.05, 3.63) is 140 Å². The number of nitrogen functional groups attached to an aromatic ring is 2. The maximum Gasteiger partial charge on any atom is 0.217 e. The number of furan rings is 3. The van der Waals surface area contributed by atoms with Gasteiger partial charge in [0.2, 0.25) is 17.7 Å². The minimum absolute atomic E-state index is 0.0300. The van der Waals surface area contributed by atoms with Crippen LogP contribution < -0.4 is 42.9 Å². The van der Waals surface area contributed by atoms with Crippen LogP contribution in [0, 0.1) is 7.14 Å². The molecule has 0 saturated heterocycles. The number of benzene rings is 6. The Labute approximate surface area is 609 Å². The molecule has 3 amide bonds. The average molecular weight is 1720 g/mol. The van der Waals surface area contributed by atoms with E-state index in [9.17, 15) is 59.4 Å². The molecule has 9 aromatic rings. The highest BCUT2D eigenvalue weighted by atomic mass is 127. The minimum Gasteiger partial charge on any atom is -0.506 e. The van der Waals surface area contributed by atoms with E-state index in [0.717, 1.165) is 0 Å². The molecule has 0 spiro atoms. The number of primary amides is 3. The Morgan fingerprint density at radius 1 is 0.394 bits per heavy atom. The molecule has 99 heavy (non-hydrogen) atoms. The predicted molar refractivity (Wildman–Crippen MR) is 390 cm³/mol. The van der Waals surface area contributed by atoms with E-state index in [1.54, 1.807) is 12.1 Å². The number of unbranched alkanes of at least 4 members (excludes halogenated alkanes) is 3. The van der Waals surface area contributed by atoms with Crippen LogP contribution in [0.25, 0.3) is 32.9 Å². The van der Waals surface area contributed by atoms with E-state index in [4.69, 9.17) is 71.4 Å². The molecular weight excluding hydrogens is 1650 g/mol. The number of anilines is 2. The molecular formula is C69H73Br2I2N5O21. The molecule has 0 fully saturated rings. The first-order valence-electron chi connectivity index (χ1n) is 31.0. The lowest BCUT2D eigenvalue weighted by molar-refractivity contribution is -0.119. The van der Waals surface area contributed by atoms with E-state index in [1.165, 1.54) is 60.7 Å². The zero-order chi connectivity index (χ0) is 72.4. The summed E-state index contributed by atoms with van der Waals surface area (Å²) in [5, 5.41) is 89.3. The fourth-order valence-electron chi connectivity index (χ4n) is 10.2. The van der Waals surface area contributed by atoms with Gasteiger partial charge in [0, 0.05) is 129 Å². The van der Waals surface area contributed by atoms with Gasteiger partial charge >= 0.3 is 0 Å². The summed E-state index contributed by atoms with van der Waals surface area (Å²) < 4.78 is 36.2. The molecule has 26 nitrogen and oxygen atoms in total. The molecule has 3 aromatic heterocycles. The number of carbonyl (C=O) groups excluding carboxylic acids is 6. The maximum atomic E-state index is 13.5. The van der Waals surface area contributed by atoms with Crippen LogP contribution in [0.4, 0.5) is 11.4 Å². The second kappa shape index (κ2) is 36.5. The highest BCUT2D eigenvalue weighted by molar-refractivity contribution is 14.1. The van der Waals surface area contributed by atoms with E-state index in [2.05, 4.69) is 31.9 Å². The molecule has 0 atom stereocenters. The van der Waals surface area contributed by atoms with Crippen LogP contribution >= 0.6 is 77.0 Å². The SMILES string of the molecule is NC(=O)CCCCc1oc2cc(OCCCO)c(O)cc2c1C(=O)c1cc(Br)c(O)c(Br)c1.NC(=O)CCCCc1oc2cc(OCCCO)c(O)cc2c1C(=O)c1cc(I)c(O)c(I)c1.NC(=O)CCCCc1oc2cc(OCCCO)c(O)cc2c1C(=O)c1cc(N)c(O)c(N)c1. The van der Waals surface area contributed by atoms with Crippen LogP contribution in [0.1, 0.15) is 142 Å². The van der Waals surface area contributed by atoms with Gasteiger partial charge in [-0.15, -0.1) is 0 Å². The van der Waals surface area contributed by atoms with Crippen LogP contribution in [-0.4, -0.2) is 121 Å². The van der Waals surface area contributed by atoms with Gasteiger partial charge in [0.25, 0.3) is 0 Å². The van der Waals surface area contributed by atoms with E-state index >= 15 is 0 Å². The van der Waals surface area contributed by atoms with Crippen molar-refractivity contribution in [2.24, 2.45) is 17.2 Å². The monoisotopic (exact) mass is 1720 g/mol. The number of fused-ring (bicyclic) bond motifs is 3. The number of nitrogens with two attached hydrogens (primary N) is 5. The van der Waals surface area contributed by atoms with Crippen LogP contribution in [0.5, 0.6) is 51.7 Å². The van der Waals surface area contributed by atoms with E-state index in [0.29, 0.717) is 160 Å². The summed E-state index contributed by atoms with van der Waals surface area (Å²) in [4.78, 5) is 73.6. The Hall–Kier alpha value is -8.54. The number of hydrogen-bond acceptors (Lipinski definition) is 23. The lowest BCUT2D eigenvalue weighted by Crippen LogP contribution is -2.10. The number of hydrogen-bond donors (Lipinski definition) is 14. The second-order valence-corrected chi connectivity index (χ2v) is 26.5. The van der Waals surface area contributed by atoms with Crippen molar-refractivity contribution < 1.29 is 102 Å². The first kappa shape index (κ1) is 77.8. The Kier molecular flexibility index (Phi) is 28.7. The number of rotatable bonds is 33. The quantitative estimate of drug-likeness (QED) is 0.00597. The molecule has 9 rings (SSSR count). The number of phenols is 6. The Bertz CT molecular complexity index is 3940.